The quantitative estimate of drug-likeness (QED) is 0.430. The van der Waals surface area contributed by atoms with Crippen LogP contribution < -0.4 is 10.9 Å². The van der Waals surface area contributed by atoms with Crippen LogP contribution in [-0.2, 0) is 6.54 Å². The summed E-state index contributed by atoms with van der Waals surface area (Å²) in [5.41, 5.74) is 4.22. The number of amides is 1. The zero-order valence-corrected chi connectivity index (χ0v) is 18.4. The van der Waals surface area contributed by atoms with E-state index < -0.39 is 5.91 Å². The van der Waals surface area contributed by atoms with E-state index in [1.165, 1.54) is 11.3 Å². The molecular weight excluding hydrogens is 420 g/mol. The van der Waals surface area contributed by atoms with Crippen molar-refractivity contribution < 1.29 is 4.79 Å². The Morgan fingerprint density at radius 3 is 2.66 bits per heavy atom. The van der Waals surface area contributed by atoms with Crippen molar-refractivity contribution in [2.75, 3.05) is 5.32 Å². The van der Waals surface area contributed by atoms with E-state index in [2.05, 4.69) is 15.3 Å². The molecule has 1 N–H and O–H groups in total. The van der Waals surface area contributed by atoms with Gasteiger partial charge in [0.1, 0.15) is 11.2 Å². The lowest BCUT2D eigenvalue weighted by atomic mass is 10.1. The van der Waals surface area contributed by atoms with E-state index in [1.807, 2.05) is 62.4 Å². The maximum Gasteiger partial charge on any atom is 0.265 e. The minimum Gasteiger partial charge on any atom is -0.298 e. The molecule has 0 saturated carbocycles. The number of fused-ring (bicyclic) bond motifs is 2. The number of benzene rings is 2. The summed E-state index contributed by atoms with van der Waals surface area (Å²) in [6, 6.07) is 19.1. The Kier molecular flexibility index (Phi) is 5.03. The van der Waals surface area contributed by atoms with Crippen LogP contribution in [0, 0.1) is 13.8 Å². The number of nitrogens with zero attached hydrogens (tertiary/aromatic N) is 3. The molecule has 5 rings (SSSR count). The van der Waals surface area contributed by atoms with Crippen molar-refractivity contribution in [2.24, 2.45) is 0 Å². The summed E-state index contributed by atoms with van der Waals surface area (Å²) in [6.07, 6.45) is 1.65. The molecular formula is C25H20N4O2S. The predicted octanol–water partition coefficient (Wildman–Crippen LogP) is 4.92. The third-order valence-corrected chi connectivity index (χ3v) is 6.33. The number of nitrogens with one attached hydrogen (secondary N) is 1. The average molecular weight is 441 g/mol. The van der Waals surface area contributed by atoms with Gasteiger partial charge in [-0.25, -0.2) is 9.97 Å². The summed E-state index contributed by atoms with van der Waals surface area (Å²) in [5, 5.41) is 4.01. The fourth-order valence-corrected chi connectivity index (χ4v) is 4.63. The molecule has 3 heterocycles. The maximum absolute atomic E-state index is 13.4. The number of carbonyl (C=O) groups is 1. The Bertz CT molecular complexity index is 1530. The highest BCUT2D eigenvalue weighted by molar-refractivity contribution is 7.22. The first-order chi connectivity index (χ1) is 15.5. The molecule has 3 aromatic heterocycles. The van der Waals surface area contributed by atoms with E-state index in [1.54, 1.807) is 22.9 Å². The van der Waals surface area contributed by atoms with Gasteiger partial charge in [-0.15, -0.1) is 0 Å². The maximum atomic E-state index is 13.4. The molecule has 0 spiro atoms. The van der Waals surface area contributed by atoms with Crippen molar-refractivity contribution >= 4 is 43.6 Å². The second-order valence-electron chi connectivity index (χ2n) is 7.75. The average Bonchev–Trinajstić information content (AvgIpc) is 3.20. The highest BCUT2D eigenvalue weighted by atomic mass is 32.1. The minimum atomic E-state index is -0.477. The van der Waals surface area contributed by atoms with Crippen molar-refractivity contribution in [3.8, 4) is 0 Å². The van der Waals surface area contributed by atoms with Crippen molar-refractivity contribution in [2.45, 2.75) is 20.4 Å². The molecule has 0 aliphatic heterocycles. The largest absolute Gasteiger partial charge is 0.298 e. The number of aromatic nitrogens is 3. The normalized spacial score (nSPS) is 11.2. The third-order valence-electron chi connectivity index (χ3n) is 5.40. The molecule has 0 bridgehead atoms. The number of aryl methyl sites for hydroxylation is 2. The van der Waals surface area contributed by atoms with Gasteiger partial charge < -0.3 is 0 Å². The van der Waals surface area contributed by atoms with Crippen molar-refractivity contribution in [1.82, 2.24) is 14.5 Å². The first-order valence-corrected chi connectivity index (χ1v) is 11.0. The Hall–Kier alpha value is -3.84. The summed E-state index contributed by atoms with van der Waals surface area (Å²) in [6.45, 7) is 4.32. The van der Waals surface area contributed by atoms with Crippen LogP contribution in [0.4, 0.5) is 5.13 Å². The van der Waals surface area contributed by atoms with E-state index in [-0.39, 0.29) is 11.1 Å². The molecule has 7 heteroatoms. The van der Waals surface area contributed by atoms with Gasteiger partial charge in [0, 0.05) is 11.6 Å². The van der Waals surface area contributed by atoms with Gasteiger partial charge in [-0.1, -0.05) is 53.3 Å². The second kappa shape index (κ2) is 8.01. The van der Waals surface area contributed by atoms with Crippen LogP contribution in [0.25, 0.3) is 21.3 Å². The smallest absolute Gasteiger partial charge is 0.265 e. The Morgan fingerprint density at radius 2 is 1.88 bits per heavy atom. The van der Waals surface area contributed by atoms with Gasteiger partial charge in [-0.2, -0.15) is 0 Å². The topological polar surface area (TPSA) is 76.9 Å². The number of carbonyl (C=O) groups excluding carboxylic acids is 1. The molecule has 32 heavy (non-hydrogen) atoms. The van der Waals surface area contributed by atoms with Crippen molar-refractivity contribution in [1.29, 1.82) is 0 Å². The Morgan fingerprint density at radius 1 is 1.06 bits per heavy atom. The van der Waals surface area contributed by atoms with Gasteiger partial charge in [0.05, 0.1) is 16.8 Å². The van der Waals surface area contributed by atoms with E-state index in [0.717, 1.165) is 32.3 Å². The summed E-state index contributed by atoms with van der Waals surface area (Å²) in [5.74, 6) is -0.477. The van der Waals surface area contributed by atoms with Crippen LogP contribution in [0.15, 0.2) is 71.7 Å². The van der Waals surface area contributed by atoms with E-state index in [0.29, 0.717) is 17.3 Å². The molecule has 0 aliphatic carbocycles. The molecule has 1 amide bonds. The molecule has 0 radical (unpaired) electrons. The van der Waals surface area contributed by atoms with Gasteiger partial charge in [0.2, 0.25) is 0 Å². The fraction of sp³-hybridized carbons (Fsp3) is 0.120. The van der Waals surface area contributed by atoms with Crippen LogP contribution in [0.1, 0.15) is 27.0 Å². The molecule has 2 aromatic carbocycles. The first kappa shape index (κ1) is 20.1. The number of pyridine rings is 2. The molecule has 0 unspecified atom stereocenters. The van der Waals surface area contributed by atoms with Gasteiger partial charge in [-0.05, 0) is 49.2 Å². The Labute approximate surface area is 188 Å². The molecule has 0 aliphatic rings. The highest BCUT2D eigenvalue weighted by Gasteiger charge is 2.18. The van der Waals surface area contributed by atoms with E-state index in [4.69, 9.17) is 0 Å². The third kappa shape index (κ3) is 3.67. The lowest BCUT2D eigenvalue weighted by Crippen LogP contribution is -2.30. The molecule has 0 atom stereocenters. The van der Waals surface area contributed by atoms with Crippen LogP contribution >= 0.6 is 11.3 Å². The number of hydrogen-bond donors (Lipinski definition) is 1. The zero-order valence-electron chi connectivity index (χ0n) is 17.6. The number of thiazole rings is 1. The van der Waals surface area contributed by atoms with Crippen LogP contribution in [0.2, 0.25) is 0 Å². The Balaban J connectivity index is 1.56. The van der Waals surface area contributed by atoms with Crippen LogP contribution in [-0.4, -0.2) is 20.4 Å². The SMILES string of the molecule is Cc1ccc(Cn2c(=O)c(C(=O)Nc3nc4c(C)cccc4s3)cc3cccnc32)cc1. The van der Waals surface area contributed by atoms with Crippen LogP contribution in [0.5, 0.6) is 0 Å². The number of hydrogen-bond acceptors (Lipinski definition) is 5. The van der Waals surface area contributed by atoms with Gasteiger partial charge >= 0.3 is 0 Å². The lowest BCUT2D eigenvalue weighted by Gasteiger charge is -2.12. The standard InChI is InChI=1S/C25H20N4O2S/c1-15-8-10-17(11-9-15)14-29-22-18(6-4-12-26-22)13-19(24(29)31)23(30)28-25-27-21-16(2)5-3-7-20(21)32-25/h3-13H,14H2,1-2H3,(H,27,28,30). The van der Waals surface area contributed by atoms with Crippen molar-refractivity contribution in [3.63, 3.8) is 0 Å². The number of para-hydroxylation sites is 1. The molecule has 6 nitrogen and oxygen atoms in total. The van der Waals surface area contributed by atoms with Gasteiger partial charge in [0.25, 0.3) is 11.5 Å². The summed E-state index contributed by atoms with van der Waals surface area (Å²) in [4.78, 5) is 35.4. The fourth-order valence-electron chi connectivity index (χ4n) is 3.70. The van der Waals surface area contributed by atoms with Gasteiger partial charge in [0.15, 0.2) is 5.13 Å². The predicted molar refractivity (Wildman–Crippen MR) is 129 cm³/mol. The van der Waals surface area contributed by atoms with E-state index in [9.17, 15) is 9.59 Å². The first-order valence-electron chi connectivity index (χ1n) is 10.2. The molecule has 0 fully saturated rings. The lowest BCUT2D eigenvalue weighted by molar-refractivity contribution is 0.102. The second-order valence-corrected chi connectivity index (χ2v) is 8.78. The zero-order chi connectivity index (χ0) is 22.2. The summed E-state index contributed by atoms with van der Waals surface area (Å²) in [7, 11) is 0. The van der Waals surface area contributed by atoms with Crippen molar-refractivity contribution in [3.05, 3.63) is 99.5 Å². The number of rotatable bonds is 4. The summed E-state index contributed by atoms with van der Waals surface area (Å²) >= 11 is 1.39. The number of anilines is 1. The van der Waals surface area contributed by atoms with E-state index >= 15 is 0 Å². The monoisotopic (exact) mass is 440 g/mol. The molecule has 158 valence electrons. The molecule has 5 aromatic rings. The minimum absolute atomic E-state index is 0.0635. The summed E-state index contributed by atoms with van der Waals surface area (Å²) < 4.78 is 2.54. The molecule has 0 saturated heterocycles. The van der Waals surface area contributed by atoms with Gasteiger partial charge in [-0.3, -0.25) is 19.5 Å². The van der Waals surface area contributed by atoms with Crippen LogP contribution in [0.3, 0.4) is 0 Å². The highest BCUT2D eigenvalue weighted by Crippen LogP contribution is 2.28.